The number of hydrogen-bond acceptors (Lipinski definition) is 3. The second-order valence-electron chi connectivity index (χ2n) is 4.34. The molecule has 1 fully saturated rings. The highest BCUT2D eigenvalue weighted by Gasteiger charge is 2.19. The van der Waals surface area contributed by atoms with Gasteiger partial charge in [0.2, 0.25) is 5.95 Å². The van der Waals surface area contributed by atoms with Gasteiger partial charge in [-0.05, 0) is 31.7 Å². The molecule has 0 radical (unpaired) electrons. The Morgan fingerprint density at radius 1 is 1.16 bits per heavy atom. The van der Waals surface area contributed by atoms with Gasteiger partial charge in [0.25, 0.3) is 0 Å². The Morgan fingerprint density at radius 3 is 2.21 bits per heavy atom. The van der Waals surface area contributed by atoms with Gasteiger partial charge in [0.15, 0.2) is 0 Å². The molecule has 2 rings (SSSR count). The molecule has 1 saturated heterocycles. The summed E-state index contributed by atoms with van der Waals surface area (Å²) < 4.78 is 0. The van der Waals surface area contributed by atoms with Crippen LogP contribution in [-0.2, 0) is 0 Å². The highest BCUT2D eigenvalue weighted by Crippen LogP contribution is 2.22. The fraction of sp³-hybridized carbons (Fsp3) is 0.750. The number of rotatable bonds is 2. The van der Waals surface area contributed by atoms with Crippen molar-refractivity contribution in [1.82, 2.24) is 9.97 Å². The molecule has 0 bridgehead atoms. The molecule has 0 saturated carbocycles. The number of aromatic nitrogens is 2. The zero-order valence-electron chi connectivity index (χ0n) is 13.6. The van der Waals surface area contributed by atoms with E-state index >= 15 is 0 Å². The minimum Gasteiger partial charge on any atom is -0.341 e. The molecule has 0 N–H and O–H groups in total. The Hall–Kier alpha value is -1.12. The molecule has 110 valence electrons. The number of aryl methyl sites for hydroxylation is 1. The second kappa shape index (κ2) is 10.8. The van der Waals surface area contributed by atoms with E-state index in [-0.39, 0.29) is 0 Å². The van der Waals surface area contributed by atoms with Crippen LogP contribution in [0.1, 0.15) is 59.6 Å². The fourth-order valence-electron chi connectivity index (χ4n) is 2.13. The van der Waals surface area contributed by atoms with Gasteiger partial charge in [0.1, 0.15) is 0 Å². The van der Waals surface area contributed by atoms with E-state index in [4.69, 9.17) is 0 Å². The van der Waals surface area contributed by atoms with Gasteiger partial charge in [-0.2, -0.15) is 0 Å². The summed E-state index contributed by atoms with van der Waals surface area (Å²) in [4.78, 5) is 11.1. The van der Waals surface area contributed by atoms with Gasteiger partial charge in [0.05, 0.1) is 0 Å². The maximum absolute atomic E-state index is 4.46. The largest absolute Gasteiger partial charge is 0.341 e. The molecule has 0 amide bonds. The summed E-state index contributed by atoms with van der Waals surface area (Å²) in [7, 11) is 0. The van der Waals surface area contributed by atoms with Crippen molar-refractivity contribution in [3.63, 3.8) is 0 Å². The lowest BCUT2D eigenvalue weighted by Crippen LogP contribution is -2.34. The number of anilines is 1. The van der Waals surface area contributed by atoms with Gasteiger partial charge in [-0.15, -0.1) is 0 Å². The molecule has 3 nitrogen and oxygen atoms in total. The summed E-state index contributed by atoms with van der Waals surface area (Å²) in [5, 5.41) is 0. The molecule has 3 heteroatoms. The molecule has 1 aromatic rings. The van der Waals surface area contributed by atoms with Gasteiger partial charge >= 0.3 is 0 Å². The van der Waals surface area contributed by atoms with E-state index in [1.165, 1.54) is 19.3 Å². The first-order valence-corrected chi connectivity index (χ1v) is 7.84. The van der Waals surface area contributed by atoms with E-state index in [0.717, 1.165) is 30.6 Å². The standard InChI is InChI=1S/C12H19N3.2C2H6/c1-3-11-5-8-15(9-6-11)12-13-7-4-10(2)14-12;2*1-2/h4,7,11H,3,5-6,8-9H2,1-2H3;2*1-2H3. The molecular weight excluding hydrogens is 234 g/mol. The van der Waals surface area contributed by atoms with Crippen LogP contribution in [-0.4, -0.2) is 23.1 Å². The predicted octanol–water partition coefficient (Wildman–Crippen LogP) is 4.46. The lowest BCUT2D eigenvalue weighted by molar-refractivity contribution is 0.392. The maximum atomic E-state index is 4.46. The summed E-state index contributed by atoms with van der Waals surface area (Å²) in [6, 6.07) is 1.95. The molecule has 0 spiro atoms. The Balaban J connectivity index is 0.000000741. The van der Waals surface area contributed by atoms with E-state index in [2.05, 4.69) is 21.8 Å². The van der Waals surface area contributed by atoms with Crippen molar-refractivity contribution < 1.29 is 0 Å². The molecule has 0 unspecified atom stereocenters. The normalized spacial score (nSPS) is 14.9. The van der Waals surface area contributed by atoms with Gasteiger partial charge in [0, 0.05) is 25.0 Å². The van der Waals surface area contributed by atoms with Crippen LogP contribution in [0.3, 0.4) is 0 Å². The van der Waals surface area contributed by atoms with Crippen LogP contribution < -0.4 is 4.90 Å². The monoisotopic (exact) mass is 265 g/mol. The predicted molar refractivity (Wildman–Crippen MR) is 84.7 cm³/mol. The van der Waals surface area contributed by atoms with Crippen molar-refractivity contribution in [2.75, 3.05) is 18.0 Å². The van der Waals surface area contributed by atoms with Crippen LogP contribution in [0.2, 0.25) is 0 Å². The lowest BCUT2D eigenvalue weighted by Gasteiger charge is -2.31. The molecule has 0 aromatic carbocycles. The Bertz CT molecular complexity index is 318. The molecule has 0 atom stereocenters. The average molecular weight is 265 g/mol. The zero-order valence-corrected chi connectivity index (χ0v) is 13.6. The van der Waals surface area contributed by atoms with Crippen LogP contribution in [0.4, 0.5) is 5.95 Å². The fourth-order valence-corrected chi connectivity index (χ4v) is 2.13. The molecular formula is C16H31N3. The second-order valence-corrected chi connectivity index (χ2v) is 4.34. The number of nitrogens with zero attached hydrogens (tertiary/aromatic N) is 3. The minimum atomic E-state index is 0.907. The lowest BCUT2D eigenvalue weighted by atomic mass is 9.95. The van der Waals surface area contributed by atoms with Gasteiger partial charge in [-0.3, -0.25) is 0 Å². The van der Waals surface area contributed by atoms with Gasteiger partial charge in [-0.1, -0.05) is 41.0 Å². The Kier molecular flexibility index (Phi) is 10.1. The number of piperidine rings is 1. The first-order chi connectivity index (χ1) is 9.29. The molecule has 1 aliphatic rings. The third-order valence-corrected chi connectivity index (χ3v) is 3.26. The van der Waals surface area contributed by atoms with E-state index in [0.29, 0.717) is 0 Å². The SMILES string of the molecule is CC.CC.CCC1CCN(c2nccc(C)n2)CC1. The molecule has 1 aromatic heterocycles. The van der Waals surface area contributed by atoms with Gasteiger partial charge in [-0.25, -0.2) is 9.97 Å². The molecule has 0 aliphatic carbocycles. The van der Waals surface area contributed by atoms with Gasteiger partial charge < -0.3 is 4.90 Å². The highest BCUT2D eigenvalue weighted by molar-refractivity contribution is 5.30. The van der Waals surface area contributed by atoms with Crippen LogP contribution in [0, 0.1) is 12.8 Å². The van der Waals surface area contributed by atoms with Crippen molar-refractivity contribution in [3.05, 3.63) is 18.0 Å². The first kappa shape index (κ1) is 17.9. The quantitative estimate of drug-likeness (QED) is 0.790. The van der Waals surface area contributed by atoms with Crippen LogP contribution in [0.5, 0.6) is 0 Å². The van der Waals surface area contributed by atoms with Crippen LogP contribution in [0.15, 0.2) is 12.3 Å². The Morgan fingerprint density at radius 2 is 1.74 bits per heavy atom. The molecule has 19 heavy (non-hydrogen) atoms. The summed E-state index contributed by atoms with van der Waals surface area (Å²) >= 11 is 0. The van der Waals surface area contributed by atoms with E-state index in [1.807, 2.05) is 46.9 Å². The topological polar surface area (TPSA) is 29.0 Å². The molecule has 1 aliphatic heterocycles. The Labute approximate surface area is 119 Å². The highest BCUT2D eigenvalue weighted by atomic mass is 15.2. The van der Waals surface area contributed by atoms with Crippen molar-refractivity contribution in [2.45, 2.75) is 60.8 Å². The van der Waals surface area contributed by atoms with Crippen LogP contribution >= 0.6 is 0 Å². The maximum Gasteiger partial charge on any atom is 0.225 e. The number of hydrogen-bond donors (Lipinski definition) is 0. The van der Waals surface area contributed by atoms with Crippen LogP contribution in [0.25, 0.3) is 0 Å². The van der Waals surface area contributed by atoms with Crippen molar-refractivity contribution in [3.8, 4) is 0 Å². The van der Waals surface area contributed by atoms with E-state index in [1.54, 1.807) is 0 Å². The minimum absolute atomic E-state index is 0.907. The first-order valence-electron chi connectivity index (χ1n) is 7.84. The average Bonchev–Trinajstić information content (AvgIpc) is 2.51. The third-order valence-electron chi connectivity index (χ3n) is 3.26. The van der Waals surface area contributed by atoms with Crippen molar-refractivity contribution >= 4 is 5.95 Å². The summed E-state index contributed by atoms with van der Waals surface area (Å²) in [5.74, 6) is 1.82. The van der Waals surface area contributed by atoms with Crippen molar-refractivity contribution in [1.29, 1.82) is 0 Å². The third kappa shape index (κ3) is 6.04. The van der Waals surface area contributed by atoms with E-state index < -0.39 is 0 Å². The zero-order chi connectivity index (χ0) is 14.7. The summed E-state index contributed by atoms with van der Waals surface area (Å²) in [6.07, 6.45) is 5.73. The van der Waals surface area contributed by atoms with E-state index in [9.17, 15) is 0 Å². The summed E-state index contributed by atoms with van der Waals surface area (Å²) in [6.45, 7) is 14.5. The molecule has 2 heterocycles. The smallest absolute Gasteiger partial charge is 0.225 e. The van der Waals surface area contributed by atoms with Crippen molar-refractivity contribution in [2.24, 2.45) is 5.92 Å². The summed E-state index contributed by atoms with van der Waals surface area (Å²) in [5.41, 5.74) is 1.05.